The predicted molar refractivity (Wildman–Crippen MR) is 69.4 cm³/mol. The van der Waals surface area contributed by atoms with Gasteiger partial charge in [-0.1, -0.05) is 22.9 Å². The van der Waals surface area contributed by atoms with Crippen molar-refractivity contribution < 1.29 is 9.84 Å². The summed E-state index contributed by atoms with van der Waals surface area (Å²) in [5.41, 5.74) is 7.00. The third-order valence-corrected chi connectivity index (χ3v) is 3.38. The number of nitrogens with zero attached hydrogens (tertiary/aromatic N) is 1. The largest absolute Gasteiger partial charge is 0.496 e. The minimum absolute atomic E-state index is 0.111. The molecule has 0 unspecified atom stereocenters. The Kier molecular flexibility index (Phi) is 3.51. The molecule has 0 radical (unpaired) electrons. The van der Waals surface area contributed by atoms with E-state index in [9.17, 15) is 5.11 Å². The average molecular weight is 271 g/mol. The van der Waals surface area contributed by atoms with E-state index in [0.29, 0.717) is 26.5 Å². The second-order valence-corrected chi connectivity index (χ2v) is 4.88. The van der Waals surface area contributed by atoms with Crippen molar-refractivity contribution in [1.82, 2.24) is 4.98 Å². The zero-order valence-electron chi connectivity index (χ0n) is 9.11. The van der Waals surface area contributed by atoms with Crippen LogP contribution in [0.4, 0.5) is 5.13 Å². The molecule has 1 heterocycles. The van der Waals surface area contributed by atoms with Crippen LogP contribution in [0.1, 0.15) is 4.88 Å². The molecule has 0 aliphatic rings. The molecule has 0 aliphatic carbocycles. The maximum atomic E-state index is 9.27. The fraction of sp³-hybridized carbons (Fsp3) is 0.182. The van der Waals surface area contributed by atoms with E-state index in [1.54, 1.807) is 25.3 Å². The van der Waals surface area contributed by atoms with E-state index in [2.05, 4.69) is 4.98 Å². The number of halogens is 1. The van der Waals surface area contributed by atoms with Gasteiger partial charge < -0.3 is 15.6 Å². The molecule has 2 rings (SSSR count). The minimum atomic E-state index is -0.111. The summed E-state index contributed by atoms with van der Waals surface area (Å²) in [6.07, 6.45) is 0. The first-order chi connectivity index (χ1) is 8.15. The highest BCUT2D eigenvalue weighted by atomic mass is 35.5. The zero-order chi connectivity index (χ0) is 12.4. The number of nitrogens with two attached hydrogens (primary N) is 1. The van der Waals surface area contributed by atoms with E-state index in [1.807, 2.05) is 0 Å². The van der Waals surface area contributed by atoms with Crippen molar-refractivity contribution in [2.75, 3.05) is 12.8 Å². The highest BCUT2D eigenvalue weighted by Gasteiger charge is 2.15. The first-order valence-electron chi connectivity index (χ1n) is 4.85. The zero-order valence-corrected chi connectivity index (χ0v) is 10.7. The summed E-state index contributed by atoms with van der Waals surface area (Å²) >= 11 is 7.20. The molecule has 0 atom stereocenters. The van der Waals surface area contributed by atoms with Gasteiger partial charge in [0.05, 0.1) is 24.3 Å². The Morgan fingerprint density at radius 2 is 2.29 bits per heavy atom. The summed E-state index contributed by atoms with van der Waals surface area (Å²) in [7, 11) is 1.57. The summed E-state index contributed by atoms with van der Waals surface area (Å²) < 4.78 is 5.25. The van der Waals surface area contributed by atoms with Gasteiger partial charge >= 0.3 is 0 Å². The molecule has 1 aromatic heterocycles. The predicted octanol–water partition coefficient (Wildman–Crippen LogP) is 2.55. The van der Waals surface area contributed by atoms with Crippen molar-refractivity contribution in [1.29, 1.82) is 0 Å². The van der Waals surface area contributed by atoms with Gasteiger partial charge in [0.1, 0.15) is 5.75 Å². The number of nitrogen functional groups attached to an aromatic ring is 1. The van der Waals surface area contributed by atoms with Crippen LogP contribution in [0.3, 0.4) is 0 Å². The van der Waals surface area contributed by atoms with Crippen LogP contribution in [0, 0.1) is 0 Å². The molecule has 0 saturated heterocycles. The van der Waals surface area contributed by atoms with Crippen LogP contribution in [0.2, 0.25) is 5.02 Å². The molecule has 17 heavy (non-hydrogen) atoms. The molecule has 0 fully saturated rings. The van der Waals surface area contributed by atoms with Crippen molar-refractivity contribution in [2.45, 2.75) is 6.61 Å². The van der Waals surface area contributed by atoms with Gasteiger partial charge in [0.15, 0.2) is 5.13 Å². The Hall–Kier alpha value is -1.30. The van der Waals surface area contributed by atoms with Crippen LogP contribution in [0.15, 0.2) is 18.2 Å². The van der Waals surface area contributed by atoms with Crippen molar-refractivity contribution in [3.63, 3.8) is 0 Å². The van der Waals surface area contributed by atoms with Crippen LogP contribution in [0.25, 0.3) is 11.3 Å². The fourth-order valence-corrected chi connectivity index (χ4v) is 2.43. The molecule has 0 amide bonds. The minimum Gasteiger partial charge on any atom is -0.496 e. The van der Waals surface area contributed by atoms with Gasteiger partial charge in [-0.3, -0.25) is 0 Å². The number of benzene rings is 1. The molecule has 2 aromatic rings. The number of aromatic nitrogens is 1. The van der Waals surface area contributed by atoms with E-state index in [-0.39, 0.29) is 6.61 Å². The van der Waals surface area contributed by atoms with Gasteiger partial charge in [0, 0.05) is 10.6 Å². The van der Waals surface area contributed by atoms with Gasteiger partial charge in [-0.05, 0) is 18.2 Å². The highest BCUT2D eigenvalue weighted by molar-refractivity contribution is 7.15. The van der Waals surface area contributed by atoms with E-state index in [4.69, 9.17) is 22.1 Å². The maximum absolute atomic E-state index is 9.27. The Morgan fingerprint density at radius 3 is 2.94 bits per heavy atom. The number of methoxy groups -OCH3 is 1. The van der Waals surface area contributed by atoms with E-state index in [0.717, 1.165) is 5.56 Å². The number of anilines is 1. The second-order valence-electron chi connectivity index (χ2n) is 3.33. The Bertz CT molecular complexity index is 542. The summed E-state index contributed by atoms with van der Waals surface area (Å²) in [5.74, 6) is 0.648. The van der Waals surface area contributed by atoms with Crippen molar-refractivity contribution >= 4 is 28.1 Å². The van der Waals surface area contributed by atoms with Crippen LogP contribution < -0.4 is 10.5 Å². The molecule has 0 bridgehead atoms. The van der Waals surface area contributed by atoms with E-state index >= 15 is 0 Å². The summed E-state index contributed by atoms with van der Waals surface area (Å²) in [4.78, 5) is 4.90. The van der Waals surface area contributed by atoms with Gasteiger partial charge in [-0.2, -0.15) is 0 Å². The molecule has 0 saturated carbocycles. The molecular formula is C11H11ClN2O2S. The summed E-state index contributed by atoms with van der Waals surface area (Å²) in [5, 5.41) is 10.3. The highest BCUT2D eigenvalue weighted by Crippen LogP contribution is 2.36. The SMILES string of the molecule is COc1ccc(Cl)cc1-c1nc(N)sc1CO. The number of hydrogen-bond acceptors (Lipinski definition) is 5. The number of ether oxygens (including phenoxy) is 1. The molecule has 90 valence electrons. The van der Waals surface area contributed by atoms with Gasteiger partial charge in [-0.25, -0.2) is 4.98 Å². The van der Waals surface area contributed by atoms with Gasteiger partial charge in [0.2, 0.25) is 0 Å². The second kappa shape index (κ2) is 4.91. The quantitative estimate of drug-likeness (QED) is 0.899. The lowest BCUT2D eigenvalue weighted by atomic mass is 10.1. The summed E-state index contributed by atoms with van der Waals surface area (Å²) in [6.45, 7) is -0.111. The van der Waals surface area contributed by atoms with Crippen molar-refractivity contribution in [3.05, 3.63) is 28.1 Å². The van der Waals surface area contributed by atoms with Gasteiger partial charge in [-0.15, -0.1) is 0 Å². The molecule has 4 nitrogen and oxygen atoms in total. The van der Waals surface area contributed by atoms with E-state index < -0.39 is 0 Å². The Morgan fingerprint density at radius 1 is 1.53 bits per heavy atom. The lowest BCUT2D eigenvalue weighted by Crippen LogP contribution is -1.91. The molecule has 3 N–H and O–H groups in total. The Balaban J connectivity index is 2.61. The Labute approximate surface area is 108 Å². The van der Waals surface area contributed by atoms with Crippen molar-refractivity contribution in [3.8, 4) is 17.0 Å². The fourth-order valence-electron chi connectivity index (χ4n) is 1.55. The first kappa shape index (κ1) is 12.2. The molecular weight excluding hydrogens is 260 g/mol. The lowest BCUT2D eigenvalue weighted by Gasteiger charge is -2.07. The number of thiazole rings is 1. The van der Waals surface area contributed by atoms with Crippen LogP contribution in [-0.4, -0.2) is 17.2 Å². The summed E-state index contributed by atoms with van der Waals surface area (Å²) in [6, 6.07) is 5.24. The maximum Gasteiger partial charge on any atom is 0.180 e. The third-order valence-electron chi connectivity index (χ3n) is 2.27. The topological polar surface area (TPSA) is 68.4 Å². The smallest absolute Gasteiger partial charge is 0.180 e. The van der Waals surface area contributed by atoms with E-state index in [1.165, 1.54) is 11.3 Å². The van der Waals surface area contributed by atoms with Gasteiger partial charge in [0.25, 0.3) is 0 Å². The van der Waals surface area contributed by atoms with Crippen LogP contribution in [-0.2, 0) is 6.61 Å². The van der Waals surface area contributed by atoms with Crippen LogP contribution >= 0.6 is 22.9 Å². The monoisotopic (exact) mass is 270 g/mol. The first-order valence-corrected chi connectivity index (χ1v) is 6.05. The molecule has 1 aromatic carbocycles. The molecule has 0 aliphatic heterocycles. The molecule has 6 heteroatoms. The molecule has 0 spiro atoms. The number of aliphatic hydroxyl groups is 1. The standard InChI is InChI=1S/C11H11ClN2O2S/c1-16-8-3-2-6(12)4-7(8)10-9(5-15)17-11(13)14-10/h2-4,15H,5H2,1H3,(H2,13,14). The lowest BCUT2D eigenvalue weighted by molar-refractivity contribution is 0.286. The van der Waals surface area contributed by atoms with Crippen LogP contribution in [0.5, 0.6) is 5.75 Å². The number of rotatable bonds is 3. The number of aliphatic hydroxyl groups excluding tert-OH is 1. The average Bonchev–Trinajstić information content (AvgIpc) is 2.70. The normalized spacial score (nSPS) is 10.5. The number of hydrogen-bond donors (Lipinski definition) is 2. The van der Waals surface area contributed by atoms with Crippen molar-refractivity contribution in [2.24, 2.45) is 0 Å². The third kappa shape index (κ3) is 2.36.